The largest absolute Gasteiger partial charge is 0.380 e. The smallest absolute Gasteiger partial charge is 0.152 e. The minimum atomic E-state index is -0.291. The van der Waals surface area contributed by atoms with Crippen LogP contribution < -0.4 is 15.1 Å². The normalized spacial score (nSPS) is 16.8. The molecule has 0 bridgehead atoms. The van der Waals surface area contributed by atoms with Gasteiger partial charge >= 0.3 is 0 Å². The summed E-state index contributed by atoms with van der Waals surface area (Å²) in [6, 6.07) is 13.7. The van der Waals surface area contributed by atoms with E-state index in [1.165, 1.54) is 0 Å². The molecule has 2 aromatic heterocycles. The van der Waals surface area contributed by atoms with Crippen LogP contribution in [-0.2, 0) is 4.79 Å². The molecule has 1 aliphatic rings. The first kappa shape index (κ1) is 18.8. The number of carbonyl (C=O) groups excluding carboxylic acids is 1. The number of aromatic amines is 1. The number of anilines is 3. The van der Waals surface area contributed by atoms with Crippen LogP contribution in [0, 0.1) is 11.3 Å². The minimum Gasteiger partial charge on any atom is -0.380 e. The highest BCUT2D eigenvalue weighted by atomic mass is 16.1. The average molecular weight is 388 g/mol. The molecule has 0 aliphatic carbocycles. The Balaban J connectivity index is 1.58. The van der Waals surface area contributed by atoms with Gasteiger partial charge < -0.3 is 24.9 Å². The van der Waals surface area contributed by atoms with Crippen molar-refractivity contribution in [2.45, 2.75) is 25.9 Å². The van der Waals surface area contributed by atoms with Crippen molar-refractivity contribution < 1.29 is 4.79 Å². The Kier molecular flexibility index (Phi) is 5.09. The molecular weight excluding hydrogens is 364 g/mol. The number of aldehydes is 1. The van der Waals surface area contributed by atoms with Gasteiger partial charge in [0.15, 0.2) is 5.82 Å². The van der Waals surface area contributed by atoms with Crippen LogP contribution in [0.25, 0.3) is 10.9 Å². The number of nitrogens with one attached hydrogen (secondary N) is 2. The van der Waals surface area contributed by atoms with Crippen LogP contribution >= 0.6 is 0 Å². The molecule has 0 radical (unpaired) electrons. The maximum absolute atomic E-state index is 11.9. The molecule has 0 saturated carbocycles. The fraction of sp³-hybridized carbons (Fsp3) is 0.318. The van der Waals surface area contributed by atoms with Gasteiger partial charge in [0.1, 0.15) is 18.1 Å². The molecule has 3 heterocycles. The first-order valence-electron chi connectivity index (χ1n) is 9.80. The van der Waals surface area contributed by atoms with E-state index in [0.29, 0.717) is 24.7 Å². The van der Waals surface area contributed by atoms with Gasteiger partial charge in [0.2, 0.25) is 0 Å². The number of nitriles is 1. The second kappa shape index (κ2) is 7.84. The van der Waals surface area contributed by atoms with E-state index in [1.807, 2.05) is 30.3 Å². The number of aromatic nitrogens is 2. The molecular formula is C22H24N6O. The fourth-order valence-corrected chi connectivity index (χ4v) is 3.83. The summed E-state index contributed by atoms with van der Waals surface area (Å²) < 4.78 is 0. The lowest BCUT2D eigenvalue weighted by Crippen LogP contribution is -2.54. The highest BCUT2D eigenvalue weighted by Crippen LogP contribution is 2.29. The Hall–Kier alpha value is -3.53. The van der Waals surface area contributed by atoms with Gasteiger partial charge in [-0.05, 0) is 44.2 Å². The van der Waals surface area contributed by atoms with E-state index < -0.39 is 0 Å². The zero-order valence-electron chi connectivity index (χ0n) is 16.6. The summed E-state index contributed by atoms with van der Waals surface area (Å²) in [5.41, 5.74) is 2.50. The van der Waals surface area contributed by atoms with Crippen LogP contribution in [0.4, 0.5) is 17.3 Å². The fourth-order valence-electron chi connectivity index (χ4n) is 3.83. The molecule has 1 fully saturated rings. The van der Waals surface area contributed by atoms with Crippen LogP contribution in [0.2, 0.25) is 0 Å². The number of H-pyrrole nitrogens is 1. The standard InChI is InChI=1S/C22H24N6O/c1-15(2)25-19-4-3-7-24-22(19)27-8-9-28(18(13-27)14-29)21-11-17-6-5-16(12-23)10-20(17)26-21/h3-7,10-11,14-15,18,25-26H,8-9,13H2,1-2H3. The molecule has 2 N–H and O–H groups in total. The summed E-state index contributed by atoms with van der Waals surface area (Å²) in [7, 11) is 0. The number of pyridine rings is 1. The molecule has 148 valence electrons. The van der Waals surface area contributed by atoms with E-state index in [-0.39, 0.29) is 6.04 Å². The molecule has 4 rings (SSSR count). The third-order valence-electron chi connectivity index (χ3n) is 5.15. The quantitative estimate of drug-likeness (QED) is 0.653. The summed E-state index contributed by atoms with van der Waals surface area (Å²) >= 11 is 0. The topological polar surface area (TPSA) is 88.1 Å². The molecule has 1 atom stereocenters. The lowest BCUT2D eigenvalue weighted by atomic mass is 10.1. The van der Waals surface area contributed by atoms with E-state index in [4.69, 9.17) is 5.26 Å². The zero-order chi connectivity index (χ0) is 20.4. The first-order chi connectivity index (χ1) is 14.1. The lowest BCUT2D eigenvalue weighted by molar-refractivity contribution is -0.109. The van der Waals surface area contributed by atoms with Gasteiger partial charge in [-0.2, -0.15) is 5.26 Å². The highest BCUT2D eigenvalue weighted by molar-refractivity contribution is 5.86. The van der Waals surface area contributed by atoms with Crippen molar-refractivity contribution in [1.82, 2.24) is 9.97 Å². The van der Waals surface area contributed by atoms with Gasteiger partial charge in [0.25, 0.3) is 0 Å². The van der Waals surface area contributed by atoms with Gasteiger partial charge in [0, 0.05) is 42.8 Å². The summed E-state index contributed by atoms with van der Waals surface area (Å²) in [6.07, 6.45) is 2.78. The molecule has 1 unspecified atom stereocenters. The van der Waals surface area contributed by atoms with E-state index in [1.54, 1.807) is 12.3 Å². The molecule has 7 nitrogen and oxygen atoms in total. The van der Waals surface area contributed by atoms with Gasteiger partial charge in [-0.25, -0.2) is 4.98 Å². The van der Waals surface area contributed by atoms with Crippen LogP contribution in [0.5, 0.6) is 0 Å². The molecule has 1 aliphatic heterocycles. The number of rotatable bonds is 5. The molecule has 1 saturated heterocycles. The minimum absolute atomic E-state index is 0.291. The first-order valence-corrected chi connectivity index (χ1v) is 9.80. The second-order valence-corrected chi connectivity index (χ2v) is 7.58. The monoisotopic (exact) mass is 388 g/mol. The van der Waals surface area contributed by atoms with Gasteiger partial charge in [0.05, 0.1) is 17.3 Å². The third kappa shape index (κ3) is 3.74. The Labute approximate surface area is 170 Å². The molecule has 3 aromatic rings. The van der Waals surface area contributed by atoms with Crippen molar-refractivity contribution in [2.24, 2.45) is 0 Å². The second-order valence-electron chi connectivity index (χ2n) is 7.58. The molecule has 7 heteroatoms. The maximum Gasteiger partial charge on any atom is 0.152 e. The van der Waals surface area contributed by atoms with Crippen molar-refractivity contribution in [2.75, 3.05) is 34.8 Å². The van der Waals surface area contributed by atoms with E-state index in [9.17, 15) is 4.79 Å². The summed E-state index contributed by atoms with van der Waals surface area (Å²) in [5, 5.41) is 13.6. The predicted molar refractivity (Wildman–Crippen MR) is 115 cm³/mol. The highest BCUT2D eigenvalue weighted by Gasteiger charge is 2.29. The van der Waals surface area contributed by atoms with E-state index >= 15 is 0 Å². The summed E-state index contributed by atoms with van der Waals surface area (Å²) in [5.74, 6) is 1.77. The van der Waals surface area contributed by atoms with Crippen LogP contribution in [0.15, 0.2) is 42.6 Å². The Bertz CT molecular complexity index is 1070. The summed E-state index contributed by atoms with van der Waals surface area (Å²) in [6.45, 7) is 6.20. The van der Waals surface area contributed by atoms with Crippen molar-refractivity contribution >= 4 is 34.5 Å². The number of carbonyl (C=O) groups is 1. The number of fused-ring (bicyclic) bond motifs is 1. The molecule has 1 aromatic carbocycles. The SMILES string of the molecule is CC(C)Nc1cccnc1N1CCN(c2cc3ccc(C#N)cc3[nH]2)C(C=O)C1. The predicted octanol–water partition coefficient (Wildman–Crippen LogP) is 3.15. The molecule has 29 heavy (non-hydrogen) atoms. The number of nitrogens with zero attached hydrogens (tertiary/aromatic N) is 4. The zero-order valence-corrected chi connectivity index (χ0v) is 16.6. The van der Waals surface area contributed by atoms with Crippen LogP contribution in [0.3, 0.4) is 0 Å². The Morgan fingerprint density at radius 3 is 2.93 bits per heavy atom. The van der Waals surface area contributed by atoms with E-state index in [0.717, 1.165) is 41.1 Å². The third-order valence-corrected chi connectivity index (χ3v) is 5.15. The van der Waals surface area contributed by atoms with Gasteiger partial charge in [-0.3, -0.25) is 0 Å². The van der Waals surface area contributed by atoms with Crippen molar-refractivity contribution in [3.8, 4) is 6.07 Å². The Morgan fingerprint density at radius 1 is 1.31 bits per heavy atom. The van der Waals surface area contributed by atoms with Crippen molar-refractivity contribution in [3.63, 3.8) is 0 Å². The van der Waals surface area contributed by atoms with Gasteiger partial charge in [-0.15, -0.1) is 0 Å². The van der Waals surface area contributed by atoms with Crippen molar-refractivity contribution in [3.05, 3.63) is 48.2 Å². The number of piperazine rings is 1. The summed E-state index contributed by atoms with van der Waals surface area (Å²) in [4.78, 5) is 24.1. The van der Waals surface area contributed by atoms with Crippen LogP contribution in [-0.4, -0.2) is 48.0 Å². The Morgan fingerprint density at radius 2 is 2.17 bits per heavy atom. The van der Waals surface area contributed by atoms with Crippen molar-refractivity contribution in [1.29, 1.82) is 5.26 Å². The molecule has 0 amide bonds. The van der Waals surface area contributed by atoms with Gasteiger partial charge in [-0.1, -0.05) is 6.07 Å². The number of hydrogen-bond acceptors (Lipinski definition) is 6. The van der Waals surface area contributed by atoms with E-state index in [2.05, 4.69) is 45.0 Å². The number of hydrogen-bond donors (Lipinski definition) is 2. The molecule has 0 spiro atoms. The lowest BCUT2D eigenvalue weighted by Gasteiger charge is -2.40. The number of benzene rings is 1. The van der Waals surface area contributed by atoms with Crippen LogP contribution in [0.1, 0.15) is 19.4 Å². The average Bonchev–Trinajstić information content (AvgIpc) is 3.16. The maximum atomic E-state index is 11.9.